The fourth-order valence-corrected chi connectivity index (χ4v) is 3.64. The molecule has 0 atom stereocenters. The maximum absolute atomic E-state index is 6.43. The lowest BCUT2D eigenvalue weighted by Crippen LogP contribution is -2.44. The van der Waals surface area contributed by atoms with Crippen molar-refractivity contribution in [3.8, 4) is 23.0 Å². The number of ether oxygens (including phenoxy) is 3. The van der Waals surface area contributed by atoms with E-state index in [2.05, 4.69) is 33.9 Å². The van der Waals surface area contributed by atoms with Crippen molar-refractivity contribution >= 4 is 26.2 Å². The summed E-state index contributed by atoms with van der Waals surface area (Å²) in [5.74, 6) is 2.52. The normalized spacial score (nSPS) is 12.1. The first-order valence-corrected chi connectivity index (χ1v) is 12.5. The lowest BCUT2D eigenvalue weighted by atomic mass is 10.1. The quantitative estimate of drug-likeness (QED) is 0.349. The molecule has 6 heteroatoms. The minimum absolute atomic E-state index is 0.0987. The van der Waals surface area contributed by atoms with E-state index in [4.69, 9.17) is 24.4 Å². The van der Waals surface area contributed by atoms with Gasteiger partial charge in [0.15, 0.2) is 11.5 Å². The Morgan fingerprint density at radius 3 is 1.93 bits per heavy atom. The van der Waals surface area contributed by atoms with Gasteiger partial charge >= 0.3 is 0 Å². The second-order valence-electron chi connectivity index (χ2n) is 8.41. The Morgan fingerprint density at radius 1 is 0.862 bits per heavy atom. The van der Waals surface area contributed by atoms with Crippen LogP contribution in [-0.4, -0.2) is 29.6 Å². The van der Waals surface area contributed by atoms with Crippen LogP contribution in [0.25, 0.3) is 12.2 Å². The van der Waals surface area contributed by atoms with E-state index < -0.39 is 8.32 Å². The van der Waals surface area contributed by atoms with Crippen molar-refractivity contribution in [1.82, 2.24) is 0 Å². The maximum atomic E-state index is 6.43. The highest BCUT2D eigenvalue weighted by atomic mass is 28.4. The molecule has 0 heterocycles. The lowest BCUT2D eigenvalue weighted by molar-refractivity contribution is 0.324. The monoisotopic (exact) mass is 415 g/mol. The fourth-order valence-electron chi connectivity index (χ4n) is 2.61. The largest absolute Gasteiger partial charge is 0.542 e. The standard InChI is InChI=1S/C23H33NO4Si/c1-23(2,3)29(7,8)28-18-11-9-10-17(21(18)24)13-12-16-14-19(25-4)22(27-6)20(15-16)26-5/h9-15H,24H2,1-8H3/b13-12-. The molecule has 0 saturated heterocycles. The smallest absolute Gasteiger partial charge is 0.250 e. The molecule has 2 N–H and O–H groups in total. The van der Waals surface area contributed by atoms with Gasteiger partial charge in [-0.05, 0) is 41.9 Å². The molecule has 0 aromatic heterocycles. The number of hydrogen-bond donors (Lipinski definition) is 1. The highest BCUT2D eigenvalue weighted by molar-refractivity contribution is 6.74. The summed E-state index contributed by atoms with van der Waals surface area (Å²) in [5.41, 5.74) is 8.88. The van der Waals surface area contributed by atoms with Crippen LogP contribution in [0.5, 0.6) is 23.0 Å². The van der Waals surface area contributed by atoms with Gasteiger partial charge in [0.2, 0.25) is 5.75 Å². The van der Waals surface area contributed by atoms with Crippen LogP contribution in [0.15, 0.2) is 30.3 Å². The predicted octanol–water partition coefficient (Wildman–Crippen LogP) is 5.85. The third-order valence-electron chi connectivity index (χ3n) is 5.41. The van der Waals surface area contributed by atoms with Gasteiger partial charge in [-0.15, -0.1) is 0 Å². The van der Waals surface area contributed by atoms with Gasteiger partial charge in [0, 0.05) is 5.56 Å². The molecule has 0 unspecified atom stereocenters. The molecule has 0 radical (unpaired) electrons. The summed E-state index contributed by atoms with van der Waals surface area (Å²) in [6, 6.07) is 9.66. The van der Waals surface area contributed by atoms with E-state index in [9.17, 15) is 0 Å². The van der Waals surface area contributed by atoms with Crippen molar-refractivity contribution in [2.75, 3.05) is 27.1 Å². The van der Waals surface area contributed by atoms with Crippen LogP contribution in [0.3, 0.4) is 0 Å². The Kier molecular flexibility index (Phi) is 6.90. The maximum Gasteiger partial charge on any atom is 0.250 e. The molecule has 0 aliphatic heterocycles. The molecule has 2 aromatic rings. The highest BCUT2D eigenvalue weighted by Gasteiger charge is 2.39. The zero-order chi connectivity index (χ0) is 21.8. The number of nitrogen functional groups attached to an aromatic ring is 1. The number of hydrogen-bond acceptors (Lipinski definition) is 5. The van der Waals surface area contributed by atoms with Crippen molar-refractivity contribution in [2.24, 2.45) is 0 Å². The molecule has 0 spiro atoms. The van der Waals surface area contributed by atoms with E-state index >= 15 is 0 Å². The second-order valence-corrected chi connectivity index (χ2v) is 13.1. The zero-order valence-electron chi connectivity index (χ0n) is 18.8. The average Bonchev–Trinajstić information content (AvgIpc) is 2.66. The van der Waals surface area contributed by atoms with Gasteiger partial charge in [0.25, 0.3) is 8.32 Å². The number of rotatable bonds is 7. The van der Waals surface area contributed by atoms with Crippen LogP contribution in [0.2, 0.25) is 18.1 Å². The molecular formula is C23H33NO4Si. The predicted molar refractivity (Wildman–Crippen MR) is 124 cm³/mol. The van der Waals surface area contributed by atoms with Gasteiger partial charge in [-0.25, -0.2) is 0 Å². The third kappa shape index (κ3) is 5.06. The number of nitrogens with two attached hydrogens (primary N) is 1. The molecule has 0 bridgehead atoms. The molecule has 2 rings (SSSR count). The Morgan fingerprint density at radius 2 is 1.45 bits per heavy atom. The van der Waals surface area contributed by atoms with Gasteiger partial charge in [-0.1, -0.05) is 45.1 Å². The van der Waals surface area contributed by atoms with E-state index in [1.807, 2.05) is 42.5 Å². The van der Waals surface area contributed by atoms with Crippen LogP contribution in [-0.2, 0) is 0 Å². The van der Waals surface area contributed by atoms with Crippen molar-refractivity contribution in [3.05, 3.63) is 41.5 Å². The van der Waals surface area contributed by atoms with E-state index in [-0.39, 0.29) is 5.04 Å². The van der Waals surface area contributed by atoms with Gasteiger partial charge in [0.1, 0.15) is 5.75 Å². The molecule has 0 aliphatic carbocycles. The van der Waals surface area contributed by atoms with Crippen LogP contribution in [0.1, 0.15) is 31.9 Å². The zero-order valence-corrected chi connectivity index (χ0v) is 19.8. The Bertz CT molecular complexity index is 860. The van der Waals surface area contributed by atoms with E-state index in [0.717, 1.165) is 16.9 Å². The SMILES string of the molecule is COc1cc(/C=C\c2cccc(O[Si](C)(C)C(C)(C)C)c2N)cc(OC)c1OC. The van der Waals surface area contributed by atoms with E-state index in [1.54, 1.807) is 21.3 Å². The molecule has 2 aromatic carbocycles. The van der Waals surface area contributed by atoms with Gasteiger partial charge < -0.3 is 24.4 Å². The minimum Gasteiger partial charge on any atom is -0.542 e. The molecule has 5 nitrogen and oxygen atoms in total. The number of anilines is 1. The lowest BCUT2D eigenvalue weighted by Gasteiger charge is -2.36. The first-order valence-electron chi connectivity index (χ1n) is 9.59. The van der Waals surface area contributed by atoms with Crippen LogP contribution in [0.4, 0.5) is 5.69 Å². The van der Waals surface area contributed by atoms with E-state index in [1.165, 1.54) is 0 Å². The summed E-state index contributed by atoms with van der Waals surface area (Å²) in [5, 5.41) is 0.0987. The molecular weight excluding hydrogens is 382 g/mol. The van der Waals surface area contributed by atoms with Crippen molar-refractivity contribution < 1.29 is 18.6 Å². The summed E-state index contributed by atoms with van der Waals surface area (Å²) in [7, 11) is 2.82. The minimum atomic E-state index is -1.97. The molecule has 29 heavy (non-hydrogen) atoms. The van der Waals surface area contributed by atoms with E-state index in [0.29, 0.717) is 22.9 Å². The second kappa shape index (κ2) is 8.82. The number of methoxy groups -OCH3 is 3. The molecule has 0 saturated carbocycles. The molecule has 0 amide bonds. The van der Waals surface area contributed by atoms with Gasteiger partial charge in [-0.3, -0.25) is 0 Å². The highest BCUT2D eigenvalue weighted by Crippen LogP contribution is 2.40. The first kappa shape index (κ1) is 22.7. The Hall–Kier alpha value is -2.60. The third-order valence-corrected chi connectivity index (χ3v) is 9.76. The molecule has 158 valence electrons. The summed E-state index contributed by atoms with van der Waals surface area (Å²) in [4.78, 5) is 0. The summed E-state index contributed by atoms with van der Waals surface area (Å²) in [6.07, 6.45) is 3.93. The van der Waals surface area contributed by atoms with Crippen LogP contribution < -0.4 is 24.4 Å². The van der Waals surface area contributed by atoms with Crippen LogP contribution >= 0.6 is 0 Å². The van der Waals surface area contributed by atoms with Gasteiger partial charge in [-0.2, -0.15) is 0 Å². The average molecular weight is 416 g/mol. The molecule has 0 aliphatic rings. The first-order chi connectivity index (χ1) is 13.5. The Balaban J connectivity index is 2.37. The molecule has 0 fully saturated rings. The number of benzene rings is 2. The van der Waals surface area contributed by atoms with Crippen molar-refractivity contribution in [3.63, 3.8) is 0 Å². The van der Waals surface area contributed by atoms with Gasteiger partial charge in [0.05, 0.1) is 27.0 Å². The fraction of sp³-hybridized carbons (Fsp3) is 0.391. The Labute approximate surface area is 175 Å². The van der Waals surface area contributed by atoms with Crippen LogP contribution in [0, 0.1) is 0 Å². The summed E-state index contributed by atoms with van der Waals surface area (Å²) >= 11 is 0. The van der Waals surface area contributed by atoms with Crippen molar-refractivity contribution in [1.29, 1.82) is 0 Å². The summed E-state index contributed by atoms with van der Waals surface area (Å²) < 4.78 is 22.6. The topological polar surface area (TPSA) is 62.9 Å². The van der Waals surface area contributed by atoms with Crippen molar-refractivity contribution in [2.45, 2.75) is 38.9 Å². The summed E-state index contributed by atoms with van der Waals surface area (Å²) in [6.45, 7) is 11.1. The number of para-hydroxylation sites is 1.